The lowest BCUT2D eigenvalue weighted by Gasteiger charge is -2.12. The molecule has 17 heavy (non-hydrogen) atoms. The monoisotopic (exact) mass is 250 g/mol. The Hall–Kier alpha value is -1.20. The molecule has 2 aromatic rings. The van der Waals surface area contributed by atoms with Crippen LogP contribution in [0.2, 0.25) is 0 Å². The van der Waals surface area contributed by atoms with Crippen LogP contribution in [-0.4, -0.2) is 21.0 Å². The molecule has 0 radical (unpaired) electrons. The van der Waals surface area contributed by atoms with E-state index in [9.17, 15) is 0 Å². The van der Waals surface area contributed by atoms with Crippen molar-refractivity contribution >= 4 is 11.3 Å². The third-order valence-corrected chi connectivity index (χ3v) is 3.77. The molecule has 0 fully saturated rings. The van der Waals surface area contributed by atoms with Crippen LogP contribution in [0.4, 0.5) is 0 Å². The van der Waals surface area contributed by atoms with Crippen LogP contribution in [0.3, 0.4) is 0 Å². The smallest absolute Gasteiger partial charge is 0.0738 e. The minimum Gasteiger partial charge on any atom is -0.308 e. The predicted molar refractivity (Wildman–Crippen MR) is 70.1 cm³/mol. The van der Waals surface area contributed by atoms with Crippen LogP contribution < -0.4 is 5.32 Å². The number of hydrogen-bond acceptors (Lipinski definition) is 4. The van der Waals surface area contributed by atoms with E-state index >= 15 is 0 Å². The van der Waals surface area contributed by atoms with Crippen LogP contribution in [0.15, 0.2) is 18.3 Å². The Bertz CT molecular complexity index is 474. The molecule has 0 aliphatic carbocycles. The molecule has 2 heterocycles. The van der Waals surface area contributed by atoms with Crippen molar-refractivity contribution in [3.8, 4) is 0 Å². The fraction of sp³-hybridized carbons (Fsp3) is 0.500. The van der Waals surface area contributed by atoms with E-state index in [1.807, 2.05) is 18.4 Å². The van der Waals surface area contributed by atoms with E-state index in [4.69, 9.17) is 0 Å². The number of hydrogen-bond donors (Lipinski definition) is 1. The summed E-state index contributed by atoms with van der Waals surface area (Å²) in [7, 11) is 1.91. The molecule has 5 heteroatoms. The van der Waals surface area contributed by atoms with E-state index < -0.39 is 0 Å². The lowest BCUT2D eigenvalue weighted by molar-refractivity contribution is 0.527. The predicted octanol–water partition coefficient (Wildman–Crippen LogP) is 1.91. The molecule has 0 aliphatic heterocycles. The minimum atomic E-state index is 0.461. The van der Waals surface area contributed by atoms with Crippen molar-refractivity contribution in [2.45, 2.75) is 32.9 Å². The zero-order chi connectivity index (χ0) is 12.3. The Balaban J connectivity index is 1.82. The molecule has 0 aromatic carbocycles. The summed E-state index contributed by atoms with van der Waals surface area (Å²) in [5, 5.41) is 11.3. The van der Waals surface area contributed by atoms with Gasteiger partial charge in [0.05, 0.1) is 11.9 Å². The molecule has 1 atom stereocenters. The summed E-state index contributed by atoms with van der Waals surface area (Å²) in [6, 6.07) is 4.85. The van der Waals surface area contributed by atoms with E-state index in [2.05, 4.69) is 41.6 Å². The van der Waals surface area contributed by atoms with Gasteiger partial charge in [-0.1, -0.05) is 5.21 Å². The summed E-state index contributed by atoms with van der Waals surface area (Å²) in [6.07, 6.45) is 2.87. The van der Waals surface area contributed by atoms with Crippen molar-refractivity contribution in [1.82, 2.24) is 20.3 Å². The quantitative estimate of drug-likeness (QED) is 0.881. The van der Waals surface area contributed by atoms with E-state index in [0.717, 1.165) is 18.7 Å². The largest absolute Gasteiger partial charge is 0.308 e. The minimum absolute atomic E-state index is 0.461. The van der Waals surface area contributed by atoms with Gasteiger partial charge < -0.3 is 5.32 Å². The van der Waals surface area contributed by atoms with Crippen LogP contribution in [0.25, 0.3) is 0 Å². The Morgan fingerprint density at radius 1 is 1.47 bits per heavy atom. The van der Waals surface area contributed by atoms with E-state index in [0.29, 0.717) is 6.04 Å². The Morgan fingerprint density at radius 3 is 2.88 bits per heavy atom. The average molecular weight is 250 g/mol. The SMILES string of the molecule is Cc1ccc(CC(C)NCc2cnnn2C)s1. The molecule has 4 nitrogen and oxygen atoms in total. The highest BCUT2D eigenvalue weighted by atomic mass is 32.1. The maximum Gasteiger partial charge on any atom is 0.0738 e. The summed E-state index contributed by atoms with van der Waals surface area (Å²) in [4.78, 5) is 2.81. The number of nitrogens with one attached hydrogen (secondary N) is 1. The van der Waals surface area contributed by atoms with Crippen LogP contribution in [0, 0.1) is 6.92 Å². The van der Waals surface area contributed by atoms with Crippen molar-refractivity contribution in [3.05, 3.63) is 33.8 Å². The third-order valence-electron chi connectivity index (χ3n) is 2.74. The lowest BCUT2D eigenvalue weighted by atomic mass is 10.2. The summed E-state index contributed by atoms with van der Waals surface area (Å²) < 4.78 is 1.80. The molecule has 0 aliphatic rings. The second-order valence-corrected chi connectivity index (χ2v) is 5.72. The molecule has 1 unspecified atom stereocenters. The van der Waals surface area contributed by atoms with Gasteiger partial charge in [0.1, 0.15) is 0 Å². The van der Waals surface area contributed by atoms with Gasteiger partial charge in [-0.3, -0.25) is 4.68 Å². The normalized spacial score (nSPS) is 12.9. The summed E-state index contributed by atoms with van der Waals surface area (Å²) in [5.74, 6) is 0. The Kier molecular flexibility index (Phi) is 3.91. The van der Waals surface area contributed by atoms with Crippen LogP contribution in [0.5, 0.6) is 0 Å². The molecule has 0 amide bonds. The topological polar surface area (TPSA) is 42.7 Å². The molecular formula is C12H18N4S. The fourth-order valence-electron chi connectivity index (χ4n) is 1.72. The maximum atomic E-state index is 3.91. The van der Waals surface area contributed by atoms with Gasteiger partial charge >= 0.3 is 0 Å². The van der Waals surface area contributed by atoms with Crippen molar-refractivity contribution < 1.29 is 0 Å². The first-order chi connectivity index (χ1) is 8.15. The number of aryl methyl sites for hydroxylation is 2. The Labute approximate surface area is 106 Å². The highest BCUT2D eigenvalue weighted by Gasteiger charge is 2.06. The van der Waals surface area contributed by atoms with Gasteiger partial charge in [-0.15, -0.1) is 16.4 Å². The van der Waals surface area contributed by atoms with E-state index in [-0.39, 0.29) is 0 Å². The maximum absolute atomic E-state index is 3.91. The highest BCUT2D eigenvalue weighted by Crippen LogP contribution is 2.16. The standard InChI is InChI=1S/C12H18N4S/c1-9(6-12-5-4-10(2)17-12)13-7-11-8-14-15-16(11)3/h4-5,8-9,13H,6-7H2,1-3H3. The summed E-state index contributed by atoms with van der Waals surface area (Å²) in [5.41, 5.74) is 1.11. The average Bonchev–Trinajstić information content (AvgIpc) is 2.85. The fourth-order valence-corrected chi connectivity index (χ4v) is 2.74. The van der Waals surface area contributed by atoms with Crippen molar-refractivity contribution in [2.75, 3.05) is 0 Å². The van der Waals surface area contributed by atoms with Gasteiger partial charge in [-0.25, -0.2) is 0 Å². The summed E-state index contributed by atoms with van der Waals surface area (Å²) in [6.45, 7) is 5.17. The molecule has 2 rings (SSSR count). The van der Waals surface area contributed by atoms with Crippen molar-refractivity contribution in [3.63, 3.8) is 0 Å². The zero-order valence-electron chi connectivity index (χ0n) is 10.5. The van der Waals surface area contributed by atoms with Gasteiger partial charge in [-0.05, 0) is 32.4 Å². The second-order valence-electron chi connectivity index (χ2n) is 4.35. The zero-order valence-corrected chi connectivity index (χ0v) is 11.3. The van der Waals surface area contributed by atoms with Gasteiger partial charge in [0.15, 0.2) is 0 Å². The first-order valence-electron chi connectivity index (χ1n) is 5.77. The van der Waals surface area contributed by atoms with Crippen LogP contribution in [-0.2, 0) is 20.0 Å². The van der Waals surface area contributed by atoms with E-state index in [1.54, 1.807) is 10.9 Å². The Morgan fingerprint density at radius 2 is 2.29 bits per heavy atom. The molecule has 0 saturated heterocycles. The first kappa shape index (κ1) is 12.3. The first-order valence-corrected chi connectivity index (χ1v) is 6.59. The number of thiophene rings is 1. The summed E-state index contributed by atoms with van der Waals surface area (Å²) >= 11 is 1.87. The third kappa shape index (κ3) is 3.38. The molecule has 0 saturated carbocycles. The number of aromatic nitrogens is 3. The molecule has 0 spiro atoms. The van der Waals surface area contributed by atoms with Crippen LogP contribution >= 0.6 is 11.3 Å². The molecule has 2 aromatic heterocycles. The van der Waals surface area contributed by atoms with Crippen molar-refractivity contribution in [2.24, 2.45) is 7.05 Å². The van der Waals surface area contributed by atoms with Gasteiger partial charge in [-0.2, -0.15) is 0 Å². The van der Waals surface area contributed by atoms with Crippen LogP contribution in [0.1, 0.15) is 22.4 Å². The number of nitrogens with zero attached hydrogens (tertiary/aromatic N) is 3. The molecule has 1 N–H and O–H groups in total. The second kappa shape index (κ2) is 5.42. The van der Waals surface area contributed by atoms with Gasteiger partial charge in [0, 0.05) is 29.4 Å². The highest BCUT2D eigenvalue weighted by molar-refractivity contribution is 7.11. The molecule has 0 bridgehead atoms. The van der Waals surface area contributed by atoms with E-state index in [1.165, 1.54) is 9.75 Å². The van der Waals surface area contributed by atoms with Gasteiger partial charge in [0.25, 0.3) is 0 Å². The molecule has 92 valence electrons. The number of rotatable bonds is 5. The van der Waals surface area contributed by atoms with Gasteiger partial charge in [0.2, 0.25) is 0 Å². The van der Waals surface area contributed by atoms with Crippen molar-refractivity contribution in [1.29, 1.82) is 0 Å². The molecular weight excluding hydrogens is 232 g/mol. The lowest BCUT2D eigenvalue weighted by Crippen LogP contribution is -2.28.